The van der Waals surface area contributed by atoms with E-state index in [9.17, 15) is 0 Å². The van der Waals surface area contributed by atoms with E-state index < -0.39 is 0 Å². The maximum absolute atomic E-state index is 8.26. The van der Waals surface area contributed by atoms with E-state index in [4.69, 9.17) is 10.00 Å². The fourth-order valence-electron chi connectivity index (χ4n) is 2.18. The van der Waals surface area contributed by atoms with Crippen molar-refractivity contribution in [3.63, 3.8) is 0 Å². The second-order valence-electron chi connectivity index (χ2n) is 3.89. The van der Waals surface area contributed by atoms with E-state index in [1.807, 2.05) is 0 Å². The molecule has 68 valence electrons. The minimum absolute atomic E-state index is 0.620. The number of nitrogens with zero attached hydrogens (tertiary/aromatic N) is 1. The molecule has 0 saturated heterocycles. The Morgan fingerprint density at radius 3 is 2.75 bits per heavy atom. The molecular formula is C10H17NO. The minimum Gasteiger partial charge on any atom is -0.427 e. The van der Waals surface area contributed by atoms with Gasteiger partial charge in [-0.05, 0) is 30.6 Å². The van der Waals surface area contributed by atoms with E-state index in [1.54, 1.807) is 6.26 Å². The molecule has 0 N–H and O–H groups in total. The molecule has 1 aliphatic carbocycles. The molecule has 1 aliphatic rings. The molecular weight excluding hydrogens is 150 g/mol. The van der Waals surface area contributed by atoms with Gasteiger partial charge in [0, 0.05) is 0 Å². The van der Waals surface area contributed by atoms with Gasteiger partial charge in [0.15, 0.2) is 0 Å². The number of rotatable bonds is 3. The van der Waals surface area contributed by atoms with Gasteiger partial charge in [-0.1, -0.05) is 20.3 Å². The van der Waals surface area contributed by atoms with Crippen LogP contribution in [0.3, 0.4) is 0 Å². The summed E-state index contributed by atoms with van der Waals surface area (Å²) in [4.78, 5) is 0. The first-order chi connectivity index (χ1) is 5.77. The molecule has 2 nitrogen and oxygen atoms in total. The SMILES string of the molecule is CCC1CC(C)C(COC#N)C1. The molecule has 0 bridgehead atoms. The lowest BCUT2D eigenvalue weighted by Crippen LogP contribution is -2.10. The van der Waals surface area contributed by atoms with Crippen LogP contribution in [0.2, 0.25) is 0 Å². The molecule has 12 heavy (non-hydrogen) atoms. The van der Waals surface area contributed by atoms with Crippen LogP contribution in [0.4, 0.5) is 0 Å². The van der Waals surface area contributed by atoms with Gasteiger partial charge in [-0.25, -0.2) is 0 Å². The van der Waals surface area contributed by atoms with Crippen molar-refractivity contribution < 1.29 is 4.74 Å². The number of ether oxygens (including phenoxy) is 1. The van der Waals surface area contributed by atoms with E-state index in [0.717, 1.165) is 11.8 Å². The highest BCUT2D eigenvalue weighted by Crippen LogP contribution is 2.37. The summed E-state index contributed by atoms with van der Waals surface area (Å²) in [7, 11) is 0. The summed E-state index contributed by atoms with van der Waals surface area (Å²) in [6.45, 7) is 5.14. The molecule has 0 aliphatic heterocycles. The van der Waals surface area contributed by atoms with Crippen LogP contribution in [0.25, 0.3) is 0 Å². The van der Waals surface area contributed by atoms with E-state index in [-0.39, 0.29) is 0 Å². The highest BCUT2D eigenvalue weighted by molar-refractivity contribution is 4.80. The van der Waals surface area contributed by atoms with Gasteiger partial charge >= 0.3 is 0 Å². The first-order valence-corrected chi connectivity index (χ1v) is 4.78. The summed E-state index contributed by atoms with van der Waals surface area (Å²) in [5, 5.41) is 8.26. The average molecular weight is 167 g/mol. The van der Waals surface area contributed by atoms with Crippen LogP contribution in [0.5, 0.6) is 0 Å². The van der Waals surface area contributed by atoms with Gasteiger partial charge < -0.3 is 4.74 Å². The maximum Gasteiger partial charge on any atom is 0.286 e. The normalized spacial score (nSPS) is 34.6. The number of hydrogen-bond acceptors (Lipinski definition) is 2. The molecule has 0 aromatic heterocycles. The molecule has 3 unspecified atom stereocenters. The van der Waals surface area contributed by atoms with Gasteiger partial charge in [0.1, 0.15) is 6.61 Å². The molecule has 0 heterocycles. The Morgan fingerprint density at radius 1 is 1.50 bits per heavy atom. The van der Waals surface area contributed by atoms with Crippen molar-refractivity contribution in [1.82, 2.24) is 0 Å². The van der Waals surface area contributed by atoms with E-state index in [2.05, 4.69) is 13.8 Å². The van der Waals surface area contributed by atoms with Crippen LogP contribution in [-0.4, -0.2) is 6.61 Å². The summed E-state index contributed by atoms with van der Waals surface area (Å²) in [6.07, 6.45) is 5.58. The fourth-order valence-corrected chi connectivity index (χ4v) is 2.18. The zero-order valence-corrected chi connectivity index (χ0v) is 7.92. The van der Waals surface area contributed by atoms with Crippen LogP contribution in [0.1, 0.15) is 33.1 Å². The van der Waals surface area contributed by atoms with Crippen LogP contribution in [0.15, 0.2) is 0 Å². The van der Waals surface area contributed by atoms with Gasteiger partial charge in [-0.15, -0.1) is 0 Å². The standard InChI is InChI=1S/C10H17NO/c1-3-9-4-8(2)10(5-9)6-12-7-11/h8-10H,3-6H2,1-2H3. The second-order valence-corrected chi connectivity index (χ2v) is 3.89. The minimum atomic E-state index is 0.620. The lowest BCUT2D eigenvalue weighted by molar-refractivity contribution is 0.187. The molecule has 1 saturated carbocycles. The zero-order valence-electron chi connectivity index (χ0n) is 7.92. The van der Waals surface area contributed by atoms with Crippen LogP contribution >= 0.6 is 0 Å². The summed E-state index contributed by atoms with van der Waals surface area (Å²) < 4.78 is 4.79. The van der Waals surface area contributed by atoms with Gasteiger partial charge in [0.25, 0.3) is 6.26 Å². The summed E-state index contributed by atoms with van der Waals surface area (Å²) >= 11 is 0. The second kappa shape index (κ2) is 4.35. The third kappa shape index (κ3) is 2.14. The molecule has 0 aromatic rings. The Morgan fingerprint density at radius 2 is 2.25 bits per heavy atom. The molecule has 0 amide bonds. The number of nitriles is 1. The first kappa shape index (κ1) is 9.38. The molecule has 3 atom stereocenters. The largest absolute Gasteiger partial charge is 0.427 e. The summed E-state index contributed by atoms with van der Waals surface area (Å²) in [5.74, 6) is 2.23. The zero-order chi connectivity index (χ0) is 8.97. The summed E-state index contributed by atoms with van der Waals surface area (Å²) in [5.41, 5.74) is 0. The predicted octanol–water partition coefficient (Wildman–Crippen LogP) is 2.56. The molecule has 1 rings (SSSR count). The summed E-state index contributed by atoms with van der Waals surface area (Å²) in [6, 6.07) is 0. The third-order valence-electron chi connectivity index (χ3n) is 3.09. The average Bonchev–Trinajstić information content (AvgIpc) is 2.43. The molecule has 0 spiro atoms. The van der Waals surface area contributed by atoms with E-state index in [1.165, 1.54) is 19.3 Å². The molecule has 0 radical (unpaired) electrons. The van der Waals surface area contributed by atoms with Gasteiger partial charge in [-0.3, -0.25) is 0 Å². The molecule has 2 heteroatoms. The van der Waals surface area contributed by atoms with E-state index in [0.29, 0.717) is 12.5 Å². The number of hydrogen-bond donors (Lipinski definition) is 0. The van der Waals surface area contributed by atoms with Crippen LogP contribution < -0.4 is 0 Å². The van der Waals surface area contributed by atoms with Gasteiger partial charge in [0.05, 0.1) is 0 Å². The van der Waals surface area contributed by atoms with Crippen LogP contribution in [0, 0.1) is 29.3 Å². The lowest BCUT2D eigenvalue weighted by atomic mass is 9.99. The third-order valence-corrected chi connectivity index (χ3v) is 3.09. The van der Waals surface area contributed by atoms with Crippen molar-refractivity contribution in [2.75, 3.05) is 6.61 Å². The Kier molecular flexibility index (Phi) is 3.40. The lowest BCUT2D eigenvalue weighted by Gasteiger charge is -2.11. The highest BCUT2D eigenvalue weighted by Gasteiger charge is 2.30. The Hall–Kier alpha value is -0.710. The highest BCUT2D eigenvalue weighted by atomic mass is 16.5. The van der Waals surface area contributed by atoms with Crippen molar-refractivity contribution in [3.05, 3.63) is 0 Å². The molecule has 1 fully saturated rings. The van der Waals surface area contributed by atoms with Gasteiger partial charge in [-0.2, -0.15) is 5.26 Å². The van der Waals surface area contributed by atoms with E-state index >= 15 is 0 Å². The Bertz CT molecular complexity index is 173. The smallest absolute Gasteiger partial charge is 0.286 e. The Balaban J connectivity index is 2.31. The topological polar surface area (TPSA) is 33.0 Å². The van der Waals surface area contributed by atoms with Crippen molar-refractivity contribution in [3.8, 4) is 6.26 Å². The van der Waals surface area contributed by atoms with Crippen molar-refractivity contribution in [1.29, 1.82) is 5.26 Å². The van der Waals surface area contributed by atoms with Crippen molar-refractivity contribution in [2.45, 2.75) is 33.1 Å². The Labute approximate surface area is 74.5 Å². The monoisotopic (exact) mass is 167 g/mol. The van der Waals surface area contributed by atoms with Crippen molar-refractivity contribution >= 4 is 0 Å². The quantitative estimate of drug-likeness (QED) is 0.605. The van der Waals surface area contributed by atoms with Crippen molar-refractivity contribution in [2.24, 2.45) is 17.8 Å². The maximum atomic E-state index is 8.26. The fraction of sp³-hybridized carbons (Fsp3) is 0.900. The van der Waals surface area contributed by atoms with Gasteiger partial charge in [0.2, 0.25) is 0 Å². The predicted molar refractivity (Wildman–Crippen MR) is 47.2 cm³/mol. The van der Waals surface area contributed by atoms with Crippen LogP contribution in [-0.2, 0) is 4.74 Å². The molecule has 0 aromatic carbocycles. The first-order valence-electron chi connectivity index (χ1n) is 4.78.